The number of anilines is 1. The second-order valence-electron chi connectivity index (χ2n) is 7.97. The highest BCUT2D eigenvalue weighted by molar-refractivity contribution is 5.82. The molecule has 3 unspecified atom stereocenters. The molecule has 0 radical (unpaired) electrons. The molecule has 1 aromatic heterocycles. The number of rotatable bonds is 2. The van der Waals surface area contributed by atoms with E-state index in [1.807, 2.05) is 6.07 Å². The SMILES string of the molecule is N#Cc1ccc(C2=CC3Nc4c(-c5ccc(F)cc5F)c(C(F)(F)F)nn4C(O)C3C=C2)cc1. The zero-order chi connectivity index (χ0) is 24.2. The number of nitriles is 1. The van der Waals surface area contributed by atoms with Crippen molar-refractivity contribution in [2.75, 3.05) is 5.32 Å². The first-order valence-electron chi connectivity index (χ1n) is 10.2. The maximum atomic E-state index is 14.5. The normalized spacial score (nSPS) is 21.2. The van der Waals surface area contributed by atoms with Crippen molar-refractivity contribution in [3.63, 3.8) is 0 Å². The Balaban J connectivity index is 1.62. The third-order valence-electron chi connectivity index (χ3n) is 5.90. The van der Waals surface area contributed by atoms with Crippen molar-refractivity contribution >= 4 is 11.4 Å². The average Bonchev–Trinajstić information content (AvgIpc) is 3.19. The Morgan fingerprint density at radius 2 is 1.82 bits per heavy atom. The number of nitrogens with zero attached hydrogens (tertiary/aromatic N) is 3. The van der Waals surface area contributed by atoms with Crippen molar-refractivity contribution in [3.8, 4) is 17.2 Å². The van der Waals surface area contributed by atoms with Crippen LogP contribution < -0.4 is 5.32 Å². The van der Waals surface area contributed by atoms with E-state index < -0.39 is 52.8 Å². The van der Waals surface area contributed by atoms with Crippen LogP contribution in [0.3, 0.4) is 0 Å². The van der Waals surface area contributed by atoms with Crippen LogP contribution in [-0.2, 0) is 6.18 Å². The summed E-state index contributed by atoms with van der Waals surface area (Å²) in [4.78, 5) is 0. The lowest BCUT2D eigenvalue weighted by Gasteiger charge is -2.37. The average molecular weight is 470 g/mol. The van der Waals surface area contributed by atoms with Crippen LogP contribution in [0.5, 0.6) is 0 Å². The van der Waals surface area contributed by atoms with E-state index in [1.54, 1.807) is 42.5 Å². The van der Waals surface area contributed by atoms with Gasteiger partial charge in [-0.3, -0.25) is 0 Å². The van der Waals surface area contributed by atoms with Crippen LogP contribution in [0.25, 0.3) is 16.7 Å². The second kappa shape index (κ2) is 7.81. The first kappa shape index (κ1) is 21.9. The molecule has 0 fully saturated rings. The van der Waals surface area contributed by atoms with Gasteiger partial charge in [0.15, 0.2) is 11.9 Å². The Bertz CT molecular complexity index is 1380. The minimum Gasteiger partial charge on any atom is -0.371 e. The van der Waals surface area contributed by atoms with Gasteiger partial charge in [0.1, 0.15) is 17.5 Å². The van der Waals surface area contributed by atoms with Crippen LogP contribution in [0.2, 0.25) is 0 Å². The van der Waals surface area contributed by atoms with Gasteiger partial charge in [0.25, 0.3) is 0 Å². The fourth-order valence-electron chi connectivity index (χ4n) is 4.28. The number of allylic oxidation sites excluding steroid dienone is 2. The van der Waals surface area contributed by atoms with Crippen molar-refractivity contribution in [1.29, 1.82) is 5.26 Å². The van der Waals surface area contributed by atoms with Gasteiger partial charge in [-0.15, -0.1) is 0 Å². The lowest BCUT2D eigenvalue weighted by molar-refractivity contribution is -0.141. The maximum absolute atomic E-state index is 14.5. The monoisotopic (exact) mass is 470 g/mol. The number of aliphatic hydroxyl groups is 1. The quantitative estimate of drug-likeness (QED) is 0.501. The maximum Gasteiger partial charge on any atom is 0.435 e. The summed E-state index contributed by atoms with van der Waals surface area (Å²) in [5.41, 5.74) is -0.517. The van der Waals surface area contributed by atoms with Gasteiger partial charge < -0.3 is 10.4 Å². The molecule has 3 atom stereocenters. The Kier molecular flexibility index (Phi) is 5.02. The van der Waals surface area contributed by atoms with Gasteiger partial charge >= 0.3 is 6.18 Å². The Hall–Kier alpha value is -3.97. The molecule has 2 aliphatic rings. The molecule has 5 nitrogen and oxygen atoms in total. The third kappa shape index (κ3) is 3.54. The van der Waals surface area contributed by atoms with Crippen LogP contribution in [0, 0.1) is 28.9 Å². The molecule has 2 heterocycles. The van der Waals surface area contributed by atoms with E-state index >= 15 is 0 Å². The Labute approximate surface area is 190 Å². The number of fused-ring (bicyclic) bond motifs is 2. The highest BCUT2D eigenvalue weighted by Crippen LogP contribution is 2.47. The number of halogens is 5. The van der Waals surface area contributed by atoms with Crippen molar-refractivity contribution in [2.45, 2.75) is 18.4 Å². The van der Waals surface area contributed by atoms with Crippen molar-refractivity contribution < 1.29 is 27.1 Å². The molecule has 2 N–H and O–H groups in total. The number of benzene rings is 2. The summed E-state index contributed by atoms with van der Waals surface area (Å²) in [5.74, 6) is -2.99. The highest BCUT2D eigenvalue weighted by atomic mass is 19.4. The molecule has 1 aliphatic carbocycles. The summed E-state index contributed by atoms with van der Waals surface area (Å²) in [5, 5.41) is 26.4. The van der Waals surface area contributed by atoms with Crippen LogP contribution in [-0.4, -0.2) is 20.9 Å². The first-order chi connectivity index (χ1) is 16.2. The van der Waals surface area contributed by atoms with Gasteiger partial charge in [0, 0.05) is 17.5 Å². The van der Waals surface area contributed by atoms with Crippen molar-refractivity contribution in [2.24, 2.45) is 5.92 Å². The van der Waals surface area contributed by atoms with E-state index in [9.17, 15) is 27.1 Å². The predicted octanol–water partition coefficient (Wildman–Crippen LogP) is 5.27. The third-order valence-corrected chi connectivity index (χ3v) is 5.90. The van der Waals surface area contributed by atoms with Gasteiger partial charge in [-0.2, -0.15) is 23.5 Å². The topological polar surface area (TPSA) is 73.9 Å². The van der Waals surface area contributed by atoms with Gasteiger partial charge in [-0.25, -0.2) is 13.5 Å². The number of aromatic nitrogens is 2. The second-order valence-corrected chi connectivity index (χ2v) is 7.97. The molecule has 3 aromatic rings. The molecule has 0 saturated heterocycles. The first-order valence-corrected chi connectivity index (χ1v) is 10.2. The summed E-state index contributed by atoms with van der Waals surface area (Å²) in [7, 11) is 0. The lowest BCUT2D eigenvalue weighted by Crippen LogP contribution is -2.40. The van der Waals surface area contributed by atoms with Crippen LogP contribution >= 0.6 is 0 Å². The standard InChI is InChI=1S/C24H15F5N4O/c25-15-6-8-16(18(26)10-15)20-21(24(27,28)29)32-33-22(20)31-19-9-14(5-7-17(19)23(33)34)13-3-1-12(11-30)2-4-13/h1-10,17,19,23,31,34H. The predicted molar refractivity (Wildman–Crippen MR) is 113 cm³/mol. The van der Waals surface area contributed by atoms with Gasteiger partial charge in [-0.05, 0) is 35.4 Å². The van der Waals surface area contributed by atoms with E-state index in [-0.39, 0.29) is 5.82 Å². The molecule has 2 aromatic carbocycles. The minimum absolute atomic E-state index is 0.225. The van der Waals surface area contributed by atoms with Gasteiger partial charge in [0.2, 0.25) is 0 Å². The van der Waals surface area contributed by atoms with Crippen LogP contribution in [0.4, 0.5) is 27.8 Å². The molecule has 34 heavy (non-hydrogen) atoms. The van der Waals surface area contributed by atoms with E-state index in [0.29, 0.717) is 11.6 Å². The summed E-state index contributed by atoms with van der Waals surface area (Å²) in [6, 6.07) is 10.4. The van der Waals surface area contributed by atoms with Crippen molar-refractivity contribution in [1.82, 2.24) is 9.78 Å². The lowest BCUT2D eigenvalue weighted by atomic mass is 9.86. The molecule has 10 heteroatoms. The fraction of sp³-hybridized carbons (Fsp3) is 0.167. The molecule has 5 rings (SSSR count). The van der Waals surface area contributed by atoms with Crippen LogP contribution in [0.1, 0.15) is 23.0 Å². The van der Waals surface area contributed by atoms with Crippen molar-refractivity contribution in [3.05, 3.63) is 89.1 Å². The van der Waals surface area contributed by atoms with E-state index in [4.69, 9.17) is 5.26 Å². The minimum atomic E-state index is -4.95. The molecular formula is C24H15F5N4O. The molecular weight excluding hydrogens is 455 g/mol. The molecule has 0 spiro atoms. The van der Waals surface area contributed by atoms with Gasteiger partial charge in [0.05, 0.1) is 23.2 Å². The highest BCUT2D eigenvalue weighted by Gasteiger charge is 2.45. The number of aliphatic hydroxyl groups excluding tert-OH is 1. The van der Waals surface area contributed by atoms with E-state index in [1.165, 1.54) is 0 Å². The molecule has 0 saturated carbocycles. The summed E-state index contributed by atoms with van der Waals surface area (Å²) < 4.78 is 70.3. The zero-order valence-electron chi connectivity index (χ0n) is 17.2. The number of hydrogen-bond acceptors (Lipinski definition) is 4. The Morgan fingerprint density at radius 1 is 1.09 bits per heavy atom. The number of alkyl halides is 3. The van der Waals surface area contributed by atoms with E-state index in [2.05, 4.69) is 10.4 Å². The number of nitrogens with one attached hydrogen (secondary N) is 1. The van der Waals surface area contributed by atoms with Gasteiger partial charge in [-0.1, -0.05) is 30.4 Å². The smallest absolute Gasteiger partial charge is 0.371 e. The Morgan fingerprint density at radius 3 is 2.47 bits per heavy atom. The summed E-state index contributed by atoms with van der Waals surface area (Å²) >= 11 is 0. The zero-order valence-corrected chi connectivity index (χ0v) is 17.2. The molecule has 172 valence electrons. The summed E-state index contributed by atoms with van der Waals surface area (Å²) in [6.45, 7) is 0. The number of hydrogen-bond donors (Lipinski definition) is 2. The van der Waals surface area contributed by atoms with Crippen LogP contribution in [0.15, 0.2) is 60.7 Å². The fourth-order valence-corrected chi connectivity index (χ4v) is 4.28. The largest absolute Gasteiger partial charge is 0.435 e. The van der Waals surface area contributed by atoms with E-state index in [0.717, 1.165) is 28.0 Å². The molecule has 1 aliphatic heterocycles. The molecule has 0 amide bonds. The molecule has 0 bridgehead atoms. The summed E-state index contributed by atoms with van der Waals surface area (Å²) in [6.07, 6.45) is -1.29.